The van der Waals surface area contributed by atoms with E-state index >= 15 is 0 Å². The van der Waals surface area contributed by atoms with Crippen LogP contribution in [0.4, 0.5) is 10.5 Å². The van der Waals surface area contributed by atoms with Gasteiger partial charge in [-0.15, -0.1) is 0 Å². The lowest BCUT2D eigenvalue weighted by atomic mass is 10.1. The number of amides is 2. The van der Waals surface area contributed by atoms with Crippen molar-refractivity contribution in [1.82, 2.24) is 10.2 Å². The lowest BCUT2D eigenvalue weighted by Crippen LogP contribution is -2.38. The average molecular weight is 416 g/mol. The van der Waals surface area contributed by atoms with Crippen molar-refractivity contribution in [2.75, 3.05) is 12.4 Å². The van der Waals surface area contributed by atoms with Crippen molar-refractivity contribution >= 4 is 21.6 Å². The lowest BCUT2D eigenvalue weighted by Gasteiger charge is -2.17. The van der Waals surface area contributed by atoms with Gasteiger partial charge in [-0.05, 0) is 60.8 Å². The zero-order chi connectivity index (χ0) is 21.2. The number of rotatable bonds is 6. The van der Waals surface area contributed by atoms with E-state index in [9.17, 15) is 13.2 Å². The molecular weight excluding hydrogens is 386 g/mol. The van der Waals surface area contributed by atoms with Gasteiger partial charge in [0.25, 0.3) is 0 Å². The second kappa shape index (κ2) is 8.55. The van der Waals surface area contributed by atoms with E-state index in [4.69, 9.17) is 0 Å². The van der Waals surface area contributed by atoms with Crippen LogP contribution in [-0.4, -0.2) is 32.4 Å². The summed E-state index contributed by atoms with van der Waals surface area (Å²) in [7, 11) is -1.41. The van der Waals surface area contributed by atoms with Gasteiger partial charge in [0, 0.05) is 24.8 Å². The highest BCUT2D eigenvalue weighted by Crippen LogP contribution is 2.25. The van der Waals surface area contributed by atoms with Gasteiger partial charge in [0.1, 0.15) is 0 Å². The molecule has 0 aromatic heterocycles. The summed E-state index contributed by atoms with van der Waals surface area (Å²) in [6.45, 7) is 7.76. The summed E-state index contributed by atoms with van der Waals surface area (Å²) in [6, 6.07) is 12.0. The van der Waals surface area contributed by atoms with Crippen molar-refractivity contribution in [3.63, 3.8) is 0 Å². The zero-order valence-electron chi connectivity index (χ0n) is 17.4. The molecule has 1 atom stereocenters. The van der Waals surface area contributed by atoms with Crippen molar-refractivity contribution < 1.29 is 13.2 Å². The number of carbonyl (C=O) groups is 1. The van der Waals surface area contributed by atoms with E-state index < -0.39 is 9.84 Å². The van der Waals surface area contributed by atoms with Crippen LogP contribution in [0.1, 0.15) is 37.5 Å². The largest absolute Gasteiger partial charge is 0.335 e. The van der Waals surface area contributed by atoms with Gasteiger partial charge < -0.3 is 10.6 Å². The predicted molar refractivity (Wildman–Crippen MR) is 115 cm³/mol. The fourth-order valence-corrected chi connectivity index (χ4v) is 4.63. The number of nitrogens with one attached hydrogen (secondary N) is 2. The molecule has 7 heteroatoms. The molecule has 1 aliphatic rings. The number of anilines is 1. The normalized spacial score (nSPS) is 15.2. The van der Waals surface area contributed by atoms with Crippen molar-refractivity contribution in [2.24, 2.45) is 5.92 Å². The molecule has 1 heterocycles. The number of hydrogen-bond donors (Lipinski definition) is 2. The first kappa shape index (κ1) is 21.3. The van der Waals surface area contributed by atoms with Crippen LogP contribution in [0.15, 0.2) is 47.4 Å². The van der Waals surface area contributed by atoms with Crippen LogP contribution in [0.2, 0.25) is 0 Å². The quantitative estimate of drug-likeness (QED) is 0.753. The van der Waals surface area contributed by atoms with Crippen LogP contribution < -0.4 is 10.6 Å². The monoisotopic (exact) mass is 415 g/mol. The molecule has 0 radical (unpaired) electrons. The van der Waals surface area contributed by atoms with E-state index in [0.717, 1.165) is 18.7 Å². The third-order valence-electron chi connectivity index (χ3n) is 5.34. The van der Waals surface area contributed by atoms with Crippen LogP contribution in [0.25, 0.3) is 0 Å². The third-order valence-corrected chi connectivity index (χ3v) is 7.04. The second-order valence-electron chi connectivity index (χ2n) is 8.19. The first-order valence-corrected chi connectivity index (χ1v) is 11.5. The Labute approximate surface area is 173 Å². The number of benzene rings is 2. The van der Waals surface area contributed by atoms with Crippen LogP contribution in [0, 0.1) is 5.92 Å². The smallest absolute Gasteiger partial charge is 0.319 e. The van der Waals surface area contributed by atoms with Crippen molar-refractivity contribution in [2.45, 2.75) is 50.6 Å². The Bertz CT molecular complexity index is 985. The number of carbonyl (C=O) groups excluding carboxylic acids is 1. The zero-order valence-corrected chi connectivity index (χ0v) is 18.2. The molecule has 1 unspecified atom stereocenters. The van der Waals surface area contributed by atoms with Gasteiger partial charge in [0.05, 0.1) is 10.6 Å². The molecule has 2 aromatic rings. The molecule has 2 aromatic carbocycles. The highest BCUT2D eigenvalue weighted by Gasteiger charge is 2.19. The van der Waals surface area contributed by atoms with E-state index in [1.54, 1.807) is 12.1 Å². The van der Waals surface area contributed by atoms with Gasteiger partial charge in [-0.3, -0.25) is 4.90 Å². The molecule has 29 heavy (non-hydrogen) atoms. The number of urea groups is 1. The number of sulfone groups is 1. The molecule has 156 valence electrons. The molecular formula is C22H29N3O3S. The highest BCUT2D eigenvalue weighted by molar-refractivity contribution is 7.90. The molecule has 0 saturated carbocycles. The standard InChI is InChI=1S/C22H29N3O3S/c1-15(2)16(3)23-22(26)24-20-7-9-21(10-8-20)29(27,28)14-17-5-6-18-12-25(4)13-19(18)11-17/h5-11,15-16H,12-14H2,1-4H3,(H2,23,24,26). The average Bonchev–Trinajstić information content (AvgIpc) is 3.01. The van der Waals surface area contributed by atoms with E-state index in [-0.39, 0.29) is 22.7 Å². The molecule has 2 amide bonds. The Hall–Kier alpha value is -2.38. The number of nitrogens with zero attached hydrogens (tertiary/aromatic N) is 1. The summed E-state index contributed by atoms with van der Waals surface area (Å²) >= 11 is 0. The minimum Gasteiger partial charge on any atom is -0.335 e. The Morgan fingerprint density at radius 2 is 1.69 bits per heavy atom. The second-order valence-corrected chi connectivity index (χ2v) is 10.2. The van der Waals surface area contributed by atoms with Gasteiger partial charge in [0.2, 0.25) is 0 Å². The summed E-state index contributed by atoms with van der Waals surface area (Å²) in [6.07, 6.45) is 0. The molecule has 0 aliphatic carbocycles. The summed E-state index contributed by atoms with van der Waals surface area (Å²) in [5.41, 5.74) is 3.80. The molecule has 0 saturated heterocycles. The Morgan fingerprint density at radius 1 is 1.03 bits per heavy atom. The van der Waals surface area contributed by atoms with E-state index in [0.29, 0.717) is 11.6 Å². The Balaban J connectivity index is 1.66. The maximum atomic E-state index is 12.8. The van der Waals surface area contributed by atoms with Crippen molar-refractivity contribution in [1.29, 1.82) is 0 Å². The first-order valence-electron chi connectivity index (χ1n) is 9.83. The minimum absolute atomic E-state index is 0.0385. The highest BCUT2D eigenvalue weighted by atomic mass is 32.2. The minimum atomic E-state index is -3.46. The van der Waals surface area contributed by atoms with Gasteiger partial charge >= 0.3 is 6.03 Å². The number of fused-ring (bicyclic) bond motifs is 1. The summed E-state index contributed by atoms with van der Waals surface area (Å²) in [5, 5.41) is 5.60. The molecule has 2 N–H and O–H groups in total. The fraction of sp³-hybridized carbons (Fsp3) is 0.409. The van der Waals surface area contributed by atoms with Crippen LogP contribution >= 0.6 is 0 Å². The third kappa shape index (κ3) is 5.36. The fourth-order valence-electron chi connectivity index (χ4n) is 3.30. The molecule has 0 fully saturated rings. The van der Waals surface area contributed by atoms with Crippen molar-refractivity contribution in [3.8, 4) is 0 Å². The first-order chi connectivity index (χ1) is 13.6. The maximum absolute atomic E-state index is 12.8. The summed E-state index contributed by atoms with van der Waals surface area (Å²) in [4.78, 5) is 14.5. The predicted octanol–water partition coefficient (Wildman–Crippen LogP) is 3.77. The number of hydrogen-bond acceptors (Lipinski definition) is 4. The summed E-state index contributed by atoms with van der Waals surface area (Å²) < 4.78 is 25.6. The van der Waals surface area contributed by atoms with Crippen LogP contribution in [-0.2, 0) is 28.7 Å². The van der Waals surface area contributed by atoms with Gasteiger partial charge in [0.15, 0.2) is 9.84 Å². The Kier molecular flexibility index (Phi) is 6.29. The van der Waals surface area contributed by atoms with Crippen molar-refractivity contribution in [3.05, 3.63) is 59.2 Å². The van der Waals surface area contributed by atoms with Crippen LogP contribution in [0.3, 0.4) is 0 Å². The molecule has 0 bridgehead atoms. The SMILES string of the molecule is CC(C)C(C)NC(=O)Nc1ccc(S(=O)(=O)Cc2ccc3c(c2)CN(C)C3)cc1. The maximum Gasteiger partial charge on any atom is 0.319 e. The summed E-state index contributed by atoms with van der Waals surface area (Å²) in [5.74, 6) is 0.288. The van der Waals surface area contributed by atoms with Gasteiger partial charge in [-0.25, -0.2) is 13.2 Å². The molecule has 3 rings (SSSR count). The molecule has 0 spiro atoms. The van der Waals surface area contributed by atoms with Gasteiger partial charge in [-0.1, -0.05) is 32.0 Å². The van der Waals surface area contributed by atoms with Crippen LogP contribution in [0.5, 0.6) is 0 Å². The lowest BCUT2D eigenvalue weighted by molar-refractivity contribution is 0.246. The topological polar surface area (TPSA) is 78.5 Å². The molecule has 6 nitrogen and oxygen atoms in total. The van der Waals surface area contributed by atoms with E-state index in [1.807, 2.05) is 39.0 Å². The van der Waals surface area contributed by atoms with E-state index in [2.05, 4.69) is 22.6 Å². The molecule has 1 aliphatic heterocycles. The van der Waals surface area contributed by atoms with E-state index in [1.165, 1.54) is 23.3 Å². The van der Waals surface area contributed by atoms with Gasteiger partial charge in [-0.2, -0.15) is 0 Å². The Morgan fingerprint density at radius 3 is 2.34 bits per heavy atom.